The third-order valence-electron chi connectivity index (χ3n) is 5.21. The molecule has 0 saturated carbocycles. The number of ether oxygens (including phenoxy) is 1. The van der Waals surface area contributed by atoms with Gasteiger partial charge in [-0.1, -0.05) is 78.4 Å². The van der Waals surface area contributed by atoms with Gasteiger partial charge in [0.25, 0.3) is 0 Å². The number of benzene rings is 3. The minimum Gasteiger partial charge on any atom is -0.494 e. The number of hydrogen-bond acceptors (Lipinski definition) is 4. The van der Waals surface area contributed by atoms with Crippen molar-refractivity contribution >= 4 is 11.8 Å². The van der Waals surface area contributed by atoms with Gasteiger partial charge in [-0.3, -0.25) is 10.1 Å². The summed E-state index contributed by atoms with van der Waals surface area (Å²) in [4.78, 5) is 12.6. The molecule has 0 aliphatic carbocycles. The van der Waals surface area contributed by atoms with Gasteiger partial charge in [0.1, 0.15) is 23.1 Å². The Bertz CT molecular complexity index is 1250. The number of furan rings is 1. The van der Waals surface area contributed by atoms with E-state index in [1.807, 2.05) is 91.9 Å². The summed E-state index contributed by atoms with van der Waals surface area (Å²) < 4.78 is 11.7. The maximum Gasteiger partial charge on any atom is 0.226 e. The second-order valence-corrected chi connectivity index (χ2v) is 7.67. The molecule has 1 heterocycles. The molecule has 4 aromatic rings. The smallest absolute Gasteiger partial charge is 0.226 e. The van der Waals surface area contributed by atoms with E-state index in [9.17, 15) is 10.1 Å². The fourth-order valence-electron chi connectivity index (χ4n) is 3.55. The van der Waals surface area contributed by atoms with E-state index in [0.717, 1.165) is 16.9 Å². The molecule has 0 fully saturated rings. The lowest BCUT2D eigenvalue weighted by atomic mass is 9.98. The summed E-state index contributed by atoms with van der Waals surface area (Å²) in [6.45, 7) is 2.44. The highest BCUT2D eigenvalue weighted by Gasteiger charge is 2.24. The molecule has 0 radical (unpaired) electrons. The topological polar surface area (TPSA) is 75.3 Å². The number of anilines is 1. The van der Waals surface area contributed by atoms with Gasteiger partial charge in [0.05, 0.1) is 6.61 Å². The maximum absolute atomic E-state index is 12.6. The molecule has 1 N–H and O–H groups in total. The van der Waals surface area contributed by atoms with Crippen molar-refractivity contribution in [2.75, 3.05) is 11.9 Å². The van der Waals surface area contributed by atoms with Gasteiger partial charge in [0.2, 0.25) is 11.8 Å². The second-order valence-electron chi connectivity index (χ2n) is 7.67. The molecular formula is C28H24N2O3. The summed E-state index contributed by atoms with van der Waals surface area (Å²) in [7, 11) is 0. The molecule has 0 bridgehead atoms. The van der Waals surface area contributed by atoms with E-state index in [-0.39, 0.29) is 18.2 Å². The Morgan fingerprint density at radius 3 is 2.21 bits per heavy atom. The predicted octanol–water partition coefficient (Wildman–Crippen LogP) is 6.59. The largest absolute Gasteiger partial charge is 0.494 e. The van der Waals surface area contributed by atoms with Gasteiger partial charge in [0.15, 0.2) is 0 Å². The number of rotatable bonds is 8. The molecule has 0 atom stereocenters. The lowest BCUT2D eigenvalue weighted by Gasteiger charge is -2.06. The number of nitrogens with zero attached hydrogens (tertiary/aromatic N) is 1. The van der Waals surface area contributed by atoms with Crippen LogP contribution in [0.15, 0.2) is 89.3 Å². The summed E-state index contributed by atoms with van der Waals surface area (Å²) >= 11 is 0. The first kappa shape index (κ1) is 21.9. The third-order valence-corrected chi connectivity index (χ3v) is 5.21. The summed E-state index contributed by atoms with van der Waals surface area (Å²) in [6, 6.07) is 29.1. The van der Waals surface area contributed by atoms with Crippen molar-refractivity contribution in [3.05, 3.63) is 96.1 Å². The fraction of sp³-hybridized carbons (Fsp3) is 0.143. The average Bonchev–Trinajstić information content (AvgIpc) is 3.22. The van der Waals surface area contributed by atoms with Gasteiger partial charge < -0.3 is 9.15 Å². The van der Waals surface area contributed by atoms with Crippen LogP contribution in [0.25, 0.3) is 22.5 Å². The Labute approximate surface area is 193 Å². The summed E-state index contributed by atoms with van der Waals surface area (Å²) in [6.07, 6.45) is 0.790. The molecule has 1 amide bonds. The van der Waals surface area contributed by atoms with Crippen molar-refractivity contribution in [3.8, 4) is 34.3 Å². The number of carbonyl (C=O) groups is 1. The number of amides is 1. The highest BCUT2D eigenvalue weighted by atomic mass is 16.5. The Morgan fingerprint density at radius 1 is 0.939 bits per heavy atom. The van der Waals surface area contributed by atoms with Crippen molar-refractivity contribution in [2.24, 2.45) is 0 Å². The minimum absolute atomic E-state index is 0.166. The number of nitrogens with one attached hydrogen (secondary N) is 1. The van der Waals surface area contributed by atoms with Crippen molar-refractivity contribution < 1.29 is 13.9 Å². The van der Waals surface area contributed by atoms with Gasteiger partial charge in [0, 0.05) is 17.5 Å². The molecular weight excluding hydrogens is 412 g/mol. The van der Waals surface area contributed by atoms with Crippen molar-refractivity contribution in [3.63, 3.8) is 0 Å². The fourth-order valence-corrected chi connectivity index (χ4v) is 3.55. The van der Waals surface area contributed by atoms with Crippen LogP contribution in [0.2, 0.25) is 0 Å². The Hall–Kier alpha value is -4.30. The maximum atomic E-state index is 12.6. The molecule has 0 aliphatic heterocycles. The van der Waals surface area contributed by atoms with E-state index in [1.165, 1.54) is 5.56 Å². The number of aryl methyl sites for hydroxylation is 1. The zero-order valence-electron chi connectivity index (χ0n) is 18.4. The number of carbonyl (C=O) groups excluding carboxylic acids is 1. The molecule has 0 saturated heterocycles. The molecule has 33 heavy (non-hydrogen) atoms. The molecule has 0 unspecified atom stereocenters. The molecule has 5 heteroatoms. The molecule has 164 valence electrons. The highest BCUT2D eigenvalue weighted by molar-refractivity contribution is 5.95. The van der Waals surface area contributed by atoms with Crippen LogP contribution in [0.4, 0.5) is 5.88 Å². The van der Waals surface area contributed by atoms with Crippen LogP contribution in [-0.2, 0) is 4.79 Å². The van der Waals surface area contributed by atoms with E-state index in [0.29, 0.717) is 29.9 Å². The second kappa shape index (κ2) is 10.3. The van der Waals surface area contributed by atoms with E-state index in [2.05, 4.69) is 11.4 Å². The van der Waals surface area contributed by atoms with Gasteiger partial charge in [-0.25, -0.2) is 0 Å². The van der Waals surface area contributed by atoms with E-state index in [1.54, 1.807) is 0 Å². The van der Waals surface area contributed by atoms with Crippen LogP contribution in [-0.4, -0.2) is 12.5 Å². The molecule has 4 rings (SSSR count). The van der Waals surface area contributed by atoms with Crippen molar-refractivity contribution in [2.45, 2.75) is 19.8 Å². The first-order valence-electron chi connectivity index (χ1n) is 10.8. The van der Waals surface area contributed by atoms with Gasteiger partial charge in [-0.05, 0) is 31.0 Å². The summed E-state index contributed by atoms with van der Waals surface area (Å²) in [5.74, 6) is 1.27. The Balaban J connectivity index is 1.50. The van der Waals surface area contributed by atoms with E-state index < -0.39 is 0 Å². The summed E-state index contributed by atoms with van der Waals surface area (Å²) in [5.41, 5.74) is 3.83. The summed E-state index contributed by atoms with van der Waals surface area (Å²) in [5, 5.41) is 12.7. The predicted molar refractivity (Wildman–Crippen MR) is 129 cm³/mol. The molecule has 0 aliphatic rings. The monoisotopic (exact) mass is 436 g/mol. The number of hydrogen-bond donors (Lipinski definition) is 1. The van der Waals surface area contributed by atoms with Crippen molar-refractivity contribution in [1.82, 2.24) is 0 Å². The molecule has 1 aromatic heterocycles. The standard InChI is InChI=1S/C28H24N2O3/c1-20-14-16-23(17-15-20)32-18-8-13-25(31)30-28-24(19-29)26(21-9-4-2-5-10-21)27(33-28)22-11-6-3-7-12-22/h2-7,9-12,14-17H,8,13,18H2,1H3,(H,30,31). The minimum atomic E-state index is -0.230. The van der Waals surface area contributed by atoms with E-state index >= 15 is 0 Å². The lowest BCUT2D eigenvalue weighted by Crippen LogP contribution is -2.13. The highest BCUT2D eigenvalue weighted by Crippen LogP contribution is 2.41. The van der Waals surface area contributed by atoms with Gasteiger partial charge >= 0.3 is 0 Å². The third kappa shape index (κ3) is 5.31. The first-order chi connectivity index (χ1) is 16.2. The Kier molecular flexibility index (Phi) is 6.87. The normalized spacial score (nSPS) is 10.4. The lowest BCUT2D eigenvalue weighted by molar-refractivity contribution is -0.116. The number of nitriles is 1. The average molecular weight is 437 g/mol. The van der Waals surface area contributed by atoms with Crippen LogP contribution < -0.4 is 10.1 Å². The zero-order valence-corrected chi connectivity index (χ0v) is 18.4. The van der Waals surface area contributed by atoms with Crippen molar-refractivity contribution in [1.29, 1.82) is 5.26 Å². The van der Waals surface area contributed by atoms with Gasteiger partial charge in [-0.2, -0.15) is 5.26 Å². The van der Waals surface area contributed by atoms with Crippen LogP contribution in [0.5, 0.6) is 5.75 Å². The molecule has 3 aromatic carbocycles. The van der Waals surface area contributed by atoms with Crippen LogP contribution in [0, 0.1) is 18.3 Å². The van der Waals surface area contributed by atoms with Crippen LogP contribution >= 0.6 is 0 Å². The SMILES string of the molecule is Cc1ccc(OCCCC(=O)Nc2oc(-c3ccccc3)c(-c3ccccc3)c2C#N)cc1. The van der Waals surface area contributed by atoms with Gasteiger partial charge in [-0.15, -0.1) is 0 Å². The zero-order chi connectivity index (χ0) is 23.0. The molecule has 5 nitrogen and oxygen atoms in total. The Morgan fingerprint density at radius 2 is 1.58 bits per heavy atom. The first-order valence-corrected chi connectivity index (χ1v) is 10.8. The quantitative estimate of drug-likeness (QED) is 0.316. The van der Waals surface area contributed by atoms with E-state index in [4.69, 9.17) is 9.15 Å². The molecule has 0 spiro atoms. The van der Waals surface area contributed by atoms with Crippen LogP contribution in [0.1, 0.15) is 24.0 Å². The van der Waals surface area contributed by atoms with Crippen LogP contribution in [0.3, 0.4) is 0 Å².